The normalized spacial score (nSPS) is 9.30. The maximum absolute atomic E-state index is 10.0. The van der Waals surface area contributed by atoms with E-state index < -0.39 is 0 Å². The zero-order chi connectivity index (χ0) is 7.40. The summed E-state index contributed by atoms with van der Waals surface area (Å²) >= 11 is 0. The predicted molar refractivity (Wildman–Crippen MR) is 39.8 cm³/mol. The van der Waals surface area contributed by atoms with Crippen LogP contribution in [0.5, 0.6) is 0 Å². The van der Waals surface area contributed by atoms with Crippen molar-refractivity contribution >= 4 is 12.2 Å². The predicted octanol–water partition coefficient (Wildman–Crippen LogP) is 1.08. The van der Waals surface area contributed by atoms with Gasteiger partial charge >= 0.3 is 0 Å². The second-order valence-electron chi connectivity index (χ2n) is 1.94. The highest BCUT2D eigenvalue weighted by atomic mass is 16.1. The smallest absolute Gasteiger partial charge is 0.212 e. The van der Waals surface area contributed by atoms with Crippen molar-refractivity contribution in [3.8, 4) is 0 Å². The lowest BCUT2D eigenvalue weighted by atomic mass is 10.6. The first kappa shape index (κ1) is 6.86. The lowest BCUT2D eigenvalue weighted by molar-refractivity contribution is -0.105. The van der Waals surface area contributed by atoms with E-state index in [1.54, 1.807) is 0 Å². The second kappa shape index (κ2) is 3.06. The second-order valence-corrected chi connectivity index (χ2v) is 1.94. The van der Waals surface area contributed by atoms with Gasteiger partial charge in [0.2, 0.25) is 6.41 Å². The van der Waals surface area contributed by atoms with Crippen LogP contribution in [0.3, 0.4) is 0 Å². The molecule has 3 heteroatoms. The monoisotopic (exact) mass is 138 g/mol. The van der Waals surface area contributed by atoms with E-state index >= 15 is 0 Å². The van der Waals surface area contributed by atoms with Crippen LogP contribution in [-0.2, 0) is 11.3 Å². The van der Waals surface area contributed by atoms with Gasteiger partial charge < -0.3 is 9.88 Å². The number of hydrogen-bond acceptors (Lipinski definition) is 1. The molecule has 0 aliphatic heterocycles. The summed E-state index contributed by atoms with van der Waals surface area (Å²) in [5.74, 6) is 0.845. The van der Waals surface area contributed by atoms with Gasteiger partial charge in [0.05, 0.1) is 0 Å². The van der Waals surface area contributed by atoms with E-state index in [9.17, 15) is 4.79 Å². The van der Waals surface area contributed by atoms with Gasteiger partial charge in [-0.05, 0) is 19.1 Å². The highest BCUT2D eigenvalue weighted by molar-refractivity contribution is 5.69. The van der Waals surface area contributed by atoms with Gasteiger partial charge in [0.15, 0.2) is 0 Å². The van der Waals surface area contributed by atoms with Crippen LogP contribution in [0.2, 0.25) is 0 Å². The fourth-order valence-corrected chi connectivity index (χ4v) is 0.881. The molecular formula is C7H10N2O. The number of aryl methyl sites for hydroxylation is 1. The summed E-state index contributed by atoms with van der Waals surface area (Å²) in [6.45, 7) is 2.90. The third kappa shape index (κ3) is 1.18. The lowest BCUT2D eigenvalue weighted by Gasteiger charge is -2.02. The number of hydrogen-bond donors (Lipinski definition) is 1. The zero-order valence-corrected chi connectivity index (χ0v) is 5.87. The molecule has 0 fully saturated rings. The number of aromatic nitrogens is 1. The molecule has 0 aromatic carbocycles. The van der Waals surface area contributed by atoms with Crippen LogP contribution < -0.4 is 5.32 Å². The van der Waals surface area contributed by atoms with Crippen LogP contribution >= 0.6 is 0 Å². The number of nitrogens with zero attached hydrogens (tertiary/aromatic N) is 1. The third-order valence-electron chi connectivity index (χ3n) is 1.38. The molecule has 0 unspecified atom stereocenters. The van der Waals surface area contributed by atoms with Crippen molar-refractivity contribution in [2.24, 2.45) is 0 Å². The number of amides is 1. The van der Waals surface area contributed by atoms with Crippen molar-refractivity contribution in [2.45, 2.75) is 13.5 Å². The van der Waals surface area contributed by atoms with Crippen molar-refractivity contribution in [2.75, 3.05) is 5.32 Å². The van der Waals surface area contributed by atoms with Gasteiger partial charge in [-0.2, -0.15) is 0 Å². The van der Waals surface area contributed by atoms with Gasteiger partial charge in [0.1, 0.15) is 5.82 Å². The summed E-state index contributed by atoms with van der Waals surface area (Å²) in [7, 11) is 0. The minimum absolute atomic E-state index is 0.682. The Balaban J connectivity index is 2.79. The Kier molecular flexibility index (Phi) is 2.10. The van der Waals surface area contributed by atoms with E-state index in [0.29, 0.717) is 6.41 Å². The molecule has 1 amide bonds. The van der Waals surface area contributed by atoms with Gasteiger partial charge in [-0.15, -0.1) is 0 Å². The van der Waals surface area contributed by atoms with E-state index in [0.717, 1.165) is 12.4 Å². The fourth-order valence-electron chi connectivity index (χ4n) is 0.881. The molecule has 0 saturated heterocycles. The maximum atomic E-state index is 10.0. The zero-order valence-electron chi connectivity index (χ0n) is 5.87. The Bertz CT molecular complexity index is 217. The molecule has 1 aromatic rings. The average molecular weight is 138 g/mol. The third-order valence-corrected chi connectivity index (χ3v) is 1.38. The number of anilines is 1. The van der Waals surface area contributed by atoms with Crippen LogP contribution in [-0.4, -0.2) is 11.0 Å². The molecule has 1 N–H and O–H groups in total. The highest BCUT2D eigenvalue weighted by Gasteiger charge is 1.93. The number of carbonyl (C=O) groups is 1. The molecule has 1 aromatic heterocycles. The fraction of sp³-hybridized carbons (Fsp3) is 0.286. The molecule has 0 spiro atoms. The van der Waals surface area contributed by atoms with Crippen molar-refractivity contribution in [3.05, 3.63) is 18.3 Å². The Morgan fingerprint density at radius 3 is 3.20 bits per heavy atom. The minimum Gasteiger partial charge on any atom is -0.335 e. The Morgan fingerprint density at radius 1 is 1.80 bits per heavy atom. The average Bonchev–Trinajstić information content (AvgIpc) is 2.36. The van der Waals surface area contributed by atoms with Crippen LogP contribution in [0.1, 0.15) is 6.92 Å². The largest absolute Gasteiger partial charge is 0.335 e. The molecular weight excluding hydrogens is 128 g/mol. The van der Waals surface area contributed by atoms with E-state index in [1.807, 2.05) is 29.8 Å². The molecule has 0 radical (unpaired) electrons. The van der Waals surface area contributed by atoms with Crippen LogP contribution in [0.25, 0.3) is 0 Å². The van der Waals surface area contributed by atoms with Gasteiger partial charge in [-0.25, -0.2) is 0 Å². The van der Waals surface area contributed by atoms with Crippen LogP contribution in [0.4, 0.5) is 5.82 Å². The van der Waals surface area contributed by atoms with Gasteiger partial charge in [0, 0.05) is 12.7 Å². The Labute approximate surface area is 59.7 Å². The SMILES string of the molecule is CCn1cccc1NC=O. The minimum atomic E-state index is 0.682. The first-order valence-corrected chi connectivity index (χ1v) is 3.23. The lowest BCUT2D eigenvalue weighted by Crippen LogP contribution is -2.01. The summed E-state index contributed by atoms with van der Waals surface area (Å²) in [5.41, 5.74) is 0. The number of nitrogens with one attached hydrogen (secondary N) is 1. The Hall–Kier alpha value is -1.25. The van der Waals surface area contributed by atoms with Gasteiger partial charge in [-0.3, -0.25) is 4.79 Å². The topological polar surface area (TPSA) is 34.0 Å². The molecule has 54 valence electrons. The summed E-state index contributed by atoms with van der Waals surface area (Å²) in [4.78, 5) is 10.0. The van der Waals surface area contributed by atoms with E-state index in [4.69, 9.17) is 0 Å². The first-order valence-electron chi connectivity index (χ1n) is 3.23. The van der Waals surface area contributed by atoms with Gasteiger partial charge in [-0.1, -0.05) is 0 Å². The highest BCUT2D eigenvalue weighted by Crippen LogP contribution is 2.06. The van der Waals surface area contributed by atoms with Crippen LogP contribution in [0.15, 0.2) is 18.3 Å². The van der Waals surface area contributed by atoms with Crippen LogP contribution in [0, 0.1) is 0 Å². The molecule has 3 nitrogen and oxygen atoms in total. The molecule has 1 heterocycles. The standard InChI is InChI=1S/C7H10N2O/c1-2-9-5-3-4-7(9)8-6-10/h3-6H,2H2,1H3,(H,8,10). The van der Waals surface area contributed by atoms with Crippen molar-refractivity contribution in [3.63, 3.8) is 0 Å². The molecule has 0 aliphatic carbocycles. The van der Waals surface area contributed by atoms with E-state index in [-0.39, 0.29) is 0 Å². The van der Waals surface area contributed by atoms with E-state index in [2.05, 4.69) is 5.32 Å². The van der Waals surface area contributed by atoms with Crippen molar-refractivity contribution in [1.29, 1.82) is 0 Å². The molecule has 0 bridgehead atoms. The maximum Gasteiger partial charge on any atom is 0.212 e. The summed E-state index contributed by atoms with van der Waals surface area (Å²) < 4.78 is 1.95. The molecule has 0 saturated carbocycles. The number of rotatable bonds is 3. The summed E-state index contributed by atoms with van der Waals surface area (Å²) in [6, 6.07) is 3.76. The number of carbonyl (C=O) groups excluding carboxylic acids is 1. The summed E-state index contributed by atoms with van der Waals surface area (Å²) in [5, 5.41) is 2.59. The van der Waals surface area contributed by atoms with Crippen molar-refractivity contribution in [1.82, 2.24) is 4.57 Å². The Morgan fingerprint density at radius 2 is 2.60 bits per heavy atom. The van der Waals surface area contributed by atoms with Crippen molar-refractivity contribution < 1.29 is 4.79 Å². The molecule has 0 aliphatic rings. The van der Waals surface area contributed by atoms with Gasteiger partial charge in [0.25, 0.3) is 0 Å². The molecule has 10 heavy (non-hydrogen) atoms. The van der Waals surface area contributed by atoms with E-state index in [1.165, 1.54) is 0 Å². The molecule has 0 atom stereocenters. The quantitative estimate of drug-likeness (QED) is 0.623. The molecule has 1 rings (SSSR count). The first-order chi connectivity index (χ1) is 4.88. The summed E-state index contributed by atoms with van der Waals surface area (Å²) in [6.07, 6.45) is 2.60.